The van der Waals surface area contributed by atoms with Crippen LogP contribution in [-0.4, -0.2) is 43.3 Å². The van der Waals surface area contributed by atoms with Gasteiger partial charge in [0, 0.05) is 37.7 Å². The Bertz CT molecular complexity index is 726. The molecule has 1 fully saturated rings. The van der Waals surface area contributed by atoms with Crippen LogP contribution in [0.5, 0.6) is 0 Å². The van der Waals surface area contributed by atoms with Gasteiger partial charge < -0.3 is 9.80 Å². The fourth-order valence-corrected chi connectivity index (χ4v) is 3.96. The van der Waals surface area contributed by atoms with Crippen molar-refractivity contribution in [3.05, 3.63) is 52.2 Å². The average Bonchev–Trinajstić information content (AvgIpc) is 3.24. The van der Waals surface area contributed by atoms with Crippen molar-refractivity contribution < 1.29 is 9.59 Å². The minimum atomic E-state index is -0.00286. The number of carbonyl (C=O) groups excluding carboxylic acids is 2. The molecule has 0 saturated carbocycles. The number of rotatable bonds is 5. The Hall–Kier alpha value is -2.14. The van der Waals surface area contributed by atoms with Crippen LogP contribution in [0.25, 0.3) is 0 Å². The topological polar surface area (TPSA) is 40.6 Å². The minimum Gasteiger partial charge on any atom is -0.371 e. The van der Waals surface area contributed by atoms with E-state index >= 15 is 0 Å². The largest absolute Gasteiger partial charge is 0.371 e. The van der Waals surface area contributed by atoms with Crippen LogP contribution in [0.15, 0.2) is 41.8 Å². The molecule has 0 aliphatic carbocycles. The molecule has 0 bridgehead atoms. The summed E-state index contributed by atoms with van der Waals surface area (Å²) in [5.74, 6) is 0.484. The normalized spacial score (nSPS) is 17.1. The Morgan fingerprint density at radius 3 is 2.71 bits per heavy atom. The molecule has 1 saturated heterocycles. The third kappa shape index (κ3) is 3.67. The molecular weight excluding hydrogens is 320 g/mol. The van der Waals surface area contributed by atoms with Crippen molar-refractivity contribution in [2.24, 2.45) is 5.92 Å². The number of thiophene rings is 1. The van der Waals surface area contributed by atoms with E-state index in [0.717, 1.165) is 26.1 Å². The van der Waals surface area contributed by atoms with Gasteiger partial charge >= 0.3 is 0 Å². The zero-order valence-corrected chi connectivity index (χ0v) is 14.9. The van der Waals surface area contributed by atoms with Crippen molar-refractivity contribution in [1.29, 1.82) is 0 Å². The first-order valence-corrected chi connectivity index (χ1v) is 9.07. The van der Waals surface area contributed by atoms with Crippen molar-refractivity contribution in [3.63, 3.8) is 0 Å². The van der Waals surface area contributed by atoms with E-state index < -0.39 is 0 Å². The highest BCUT2D eigenvalue weighted by Crippen LogP contribution is 2.24. The van der Waals surface area contributed by atoms with E-state index in [0.29, 0.717) is 16.4 Å². The maximum absolute atomic E-state index is 12.5. The van der Waals surface area contributed by atoms with Gasteiger partial charge in [0.05, 0.1) is 10.4 Å². The first-order chi connectivity index (χ1) is 11.5. The monoisotopic (exact) mass is 342 g/mol. The maximum Gasteiger partial charge on any atom is 0.254 e. The molecule has 5 heteroatoms. The first-order valence-electron chi connectivity index (χ1n) is 8.19. The van der Waals surface area contributed by atoms with Crippen LogP contribution in [0.1, 0.15) is 33.4 Å². The van der Waals surface area contributed by atoms with Crippen molar-refractivity contribution in [2.45, 2.75) is 13.3 Å². The van der Waals surface area contributed by atoms with Crippen LogP contribution < -0.4 is 4.90 Å². The Balaban J connectivity index is 1.57. The van der Waals surface area contributed by atoms with Gasteiger partial charge in [-0.2, -0.15) is 0 Å². The number of ketones is 1. The van der Waals surface area contributed by atoms with Gasteiger partial charge in [0.15, 0.2) is 5.78 Å². The molecule has 2 heterocycles. The quantitative estimate of drug-likeness (QED) is 0.780. The molecular formula is C19H22N2O2S. The van der Waals surface area contributed by atoms with Gasteiger partial charge in [0.1, 0.15) is 0 Å². The minimum absolute atomic E-state index is 0.00286. The molecule has 2 aromatic rings. The predicted octanol–water partition coefficient (Wildman–Crippen LogP) is 3.55. The van der Waals surface area contributed by atoms with Crippen LogP contribution >= 0.6 is 11.3 Å². The molecule has 1 aromatic carbocycles. The number of para-hydroxylation sites is 1. The Morgan fingerprint density at radius 2 is 2.04 bits per heavy atom. The number of benzene rings is 1. The van der Waals surface area contributed by atoms with E-state index in [1.807, 2.05) is 13.1 Å². The average molecular weight is 342 g/mol. The highest BCUT2D eigenvalue weighted by molar-refractivity contribution is 7.12. The predicted molar refractivity (Wildman–Crippen MR) is 98.0 cm³/mol. The highest BCUT2D eigenvalue weighted by atomic mass is 32.1. The van der Waals surface area contributed by atoms with Gasteiger partial charge in [-0.3, -0.25) is 9.59 Å². The molecule has 1 amide bonds. The molecule has 24 heavy (non-hydrogen) atoms. The standard InChI is InChI=1S/C19H22N2O2S/c1-14(22)18-10-16(13-24-18)19(23)20(2)11-15-8-9-21(12-15)17-6-4-3-5-7-17/h3-7,10,13,15H,8-9,11-12H2,1-2H3/t15-/m1/s1. The lowest BCUT2D eigenvalue weighted by Gasteiger charge is -2.22. The third-order valence-electron chi connectivity index (χ3n) is 4.48. The van der Waals surface area contributed by atoms with Gasteiger partial charge in [0.2, 0.25) is 0 Å². The summed E-state index contributed by atoms with van der Waals surface area (Å²) in [6.07, 6.45) is 1.09. The summed E-state index contributed by atoms with van der Waals surface area (Å²) in [5.41, 5.74) is 1.86. The molecule has 1 aliphatic rings. The number of carbonyl (C=O) groups is 2. The molecule has 1 atom stereocenters. The van der Waals surface area contributed by atoms with E-state index in [9.17, 15) is 9.59 Å². The second-order valence-electron chi connectivity index (χ2n) is 6.38. The number of hydrogen-bond donors (Lipinski definition) is 0. The van der Waals surface area contributed by atoms with Crippen LogP contribution in [0.2, 0.25) is 0 Å². The second kappa shape index (κ2) is 7.18. The molecule has 0 unspecified atom stereocenters. The van der Waals surface area contributed by atoms with Crippen LogP contribution in [0.3, 0.4) is 0 Å². The number of amides is 1. The lowest BCUT2D eigenvalue weighted by molar-refractivity contribution is 0.0777. The summed E-state index contributed by atoms with van der Waals surface area (Å²) in [5, 5.41) is 1.78. The third-order valence-corrected chi connectivity index (χ3v) is 5.51. The summed E-state index contributed by atoms with van der Waals surface area (Å²) in [4.78, 5) is 28.7. The van der Waals surface area contributed by atoms with E-state index in [1.54, 1.807) is 16.3 Å². The molecule has 0 radical (unpaired) electrons. The zero-order chi connectivity index (χ0) is 17.1. The van der Waals surface area contributed by atoms with Gasteiger partial charge in [-0.05, 0) is 37.5 Å². The number of Topliss-reactive ketones (excluding diaryl/α,β-unsaturated/α-hetero) is 1. The lowest BCUT2D eigenvalue weighted by Crippen LogP contribution is -2.33. The summed E-state index contributed by atoms with van der Waals surface area (Å²) in [6, 6.07) is 12.1. The second-order valence-corrected chi connectivity index (χ2v) is 7.29. The summed E-state index contributed by atoms with van der Waals surface area (Å²) >= 11 is 1.34. The van der Waals surface area contributed by atoms with Gasteiger partial charge in [-0.25, -0.2) is 0 Å². The Morgan fingerprint density at radius 1 is 1.29 bits per heavy atom. The molecule has 1 aromatic heterocycles. The fourth-order valence-electron chi connectivity index (χ4n) is 3.18. The SMILES string of the molecule is CC(=O)c1cc(C(=O)N(C)C[C@H]2CCN(c3ccccc3)C2)cs1. The number of nitrogens with zero attached hydrogens (tertiary/aromatic N) is 2. The summed E-state index contributed by atoms with van der Waals surface area (Å²) in [6.45, 7) is 4.28. The molecule has 3 rings (SSSR count). The maximum atomic E-state index is 12.5. The molecule has 1 aliphatic heterocycles. The lowest BCUT2D eigenvalue weighted by atomic mass is 10.1. The molecule has 126 valence electrons. The van der Waals surface area contributed by atoms with Gasteiger partial charge in [0.25, 0.3) is 5.91 Å². The highest BCUT2D eigenvalue weighted by Gasteiger charge is 2.25. The van der Waals surface area contributed by atoms with Crippen molar-refractivity contribution in [3.8, 4) is 0 Å². The molecule has 0 spiro atoms. The van der Waals surface area contributed by atoms with Gasteiger partial charge in [-0.1, -0.05) is 18.2 Å². The van der Waals surface area contributed by atoms with E-state index in [-0.39, 0.29) is 11.7 Å². The number of anilines is 1. The van der Waals surface area contributed by atoms with E-state index in [4.69, 9.17) is 0 Å². The summed E-state index contributed by atoms with van der Waals surface area (Å²) < 4.78 is 0. The van der Waals surface area contributed by atoms with Crippen LogP contribution in [0, 0.1) is 5.92 Å². The van der Waals surface area contributed by atoms with Crippen molar-refractivity contribution in [1.82, 2.24) is 4.90 Å². The van der Waals surface area contributed by atoms with Crippen LogP contribution in [0.4, 0.5) is 5.69 Å². The van der Waals surface area contributed by atoms with E-state index in [1.165, 1.54) is 23.9 Å². The fraction of sp³-hybridized carbons (Fsp3) is 0.368. The van der Waals surface area contributed by atoms with Crippen molar-refractivity contribution in [2.75, 3.05) is 31.6 Å². The summed E-state index contributed by atoms with van der Waals surface area (Å²) in [7, 11) is 1.85. The Labute approximate surface area is 146 Å². The van der Waals surface area contributed by atoms with E-state index in [2.05, 4.69) is 29.2 Å². The van der Waals surface area contributed by atoms with Gasteiger partial charge in [-0.15, -0.1) is 11.3 Å². The first kappa shape index (κ1) is 16.7. The number of hydrogen-bond acceptors (Lipinski definition) is 4. The zero-order valence-electron chi connectivity index (χ0n) is 14.1. The molecule has 4 nitrogen and oxygen atoms in total. The van der Waals surface area contributed by atoms with Crippen LogP contribution in [-0.2, 0) is 0 Å². The Kier molecular flexibility index (Phi) is 5.00. The van der Waals surface area contributed by atoms with Crippen molar-refractivity contribution >= 4 is 28.7 Å². The smallest absolute Gasteiger partial charge is 0.254 e. The molecule has 0 N–H and O–H groups in total.